The van der Waals surface area contributed by atoms with Crippen molar-refractivity contribution in [1.29, 1.82) is 0 Å². The summed E-state index contributed by atoms with van der Waals surface area (Å²) in [4.78, 5) is 3.90. The van der Waals surface area contributed by atoms with Crippen LogP contribution in [-0.4, -0.2) is 16.7 Å². The highest BCUT2D eigenvalue weighted by Crippen LogP contribution is 2.17. The van der Waals surface area contributed by atoms with Crippen LogP contribution in [0.4, 0.5) is 4.39 Å². The van der Waals surface area contributed by atoms with Gasteiger partial charge in [0, 0.05) is 6.61 Å². The average molecular weight is 249 g/mol. The molecule has 0 amide bonds. The van der Waals surface area contributed by atoms with Gasteiger partial charge in [0.25, 0.3) is 0 Å². The normalized spacial score (nSPS) is 12.9. The molecule has 0 radical (unpaired) electrons. The number of rotatable bonds is 3. The largest absolute Gasteiger partial charge is 0.396 e. The lowest BCUT2D eigenvalue weighted by Crippen LogP contribution is -2.15. The highest BCUT2D eigenvalue weighted by molar-refractivity contribution is 9.10. The van der Waals surface area contributed by atoms with E-state index in [1.807, 2.05) is 0 Å². The van der Waals surface area contributed by atoms with Crippen LogP contribution >= 0.6 is 15.9 Å². The third-order valence-electron chi connectivity index (χ3n) is 1.63. The minimum atomic E-state index is -0.553. The SMILES string of the molecule is N[C@@H](CCO)c1nc(Br)ccc1F. The van der Waals surface area contributed by atoms with Crippen LogP contribution in [0.15, 0.2) is 16.7 Å². The van der Waals surface area contributed by atoms with Crippen molar-refractivity contribution in [3.8, 4) is 0 Å². The first-order valence-corrected chi connectivity index (χ1v) is 4.63. The van der Waals surface area contributed by atoms with Crippen molar-refractivity contribution in [2.24, 2.45) is 5.73 Å². The first kappa shape index (κ1) is 10.6. The molecule has 5 heteroatoms. The molecule has 0 bridgehead atoms. The van der Waals surface area contributed by atoms with Crippen LogP contribution in [-0.2, 0) is 0 Å². The Hall–Kier alpha value is -0.520. The van der Waals surface area contributed by atoms with Crippen LogP contribution in [0.1, 0.15) is 18.2 Å². The molecule has 13 heavy (non-hydrogen) atoms. The smallest absolute Gasteiger partial charge is 0.146 e. The Morgan fingerprint density at radius 3 is 2.92 bits per heavy atom. The molecular weight excluding hydrogens is 239 g/mol. The molecule has 1 aromatic rings. The molecule has 3 nitrogen and oxygen atoms in total. The molecule has 0 aliphatic carbocycles. The van der Waals surface area contributed by atoms with E-state index in [0.717, 1.165) is 0 Å². The fraction of sp³-hybridized carbons (Fsp3) is 0.375. The molecule has 1 rings (SSSR count). The van der Waals surface area contributed by atoms with Gasteiger partial charge in [0.05, 0.1) is 11.7 Å². The van der Waals surface area contributed by atoms with Gasteiger partial charge in [-0.3, -0.25) is 0 Å². The van der Waals surface area contributed by atoms with Gasteiger partial charge in [-0.2, -0.15) is 0 Å². The maximum atomic E-state index is 13.1. The van der Waals surface area contributed by atoms with Crippen LogP contribution in [0.5, 0.6) is 0 Å². The van der Waals surface area contributed by atoms with Crippen molar-refractivity contribution < 1.29 is 9.50 Å². The Labute approximate surface area is 83.9 Å². The fourth-order valence-electron chi connectivity index (χ4n) is 0.969. The standard InChI is InChI=1S/C8H10BrFN2O/c9-7-2-1-5(10)8(12-7)6(11)3-4-13/h1-2,6,13H,3-4,11H2/t6-/m0/s1. The van der Waals surface area contributed by atoms with Gasteiger partial charge in [-0.05, 0) is 34.5 Å². The van der Waals surface area contributed by atoms with Gasteiger partial charge in [0.15, 0.2) is 0 Å². The summed E-state index contributed by atoms with van der Waals surface area (Å²) >= 11 is 3.12. The summed E-state index contributed by atoms with van der Waals surface area (Å²) in [6.07, 6.45) is 0.306. The van der Waals surface area contributed by atoms with E-state index in [0.29, 0.717) is 11.0 Å². The summed E-state index contributed by atoms with van der Waals surface area (Å²) in [7, 11) is 0. The molecule has 1 atom stereocenters. The summed E-state index contributed by atoms with van der Waals surface area (Å²) in [6, 6.07) is 2.25. The number of aliphatic hydroxyl groups excluding tert-OH is 1. The fourth-order valence-corrected chi connectivity index (χ4v) is 1.29. The minimum Gasteiger partial charge on any atom is -0.396 e. The maximum Gasteiger partial charge on any atom is 0.146 e. The van der Waals surface area contributed by atoms with E-state index in [1.54, 1.807) is 0 Å². The Balaban J connectivity index is 2.91. The number of pyridine rings is 1. The molecule has 0 spiro atoms. The molecular formula is C8H10BrFN2O. The van der Waals surface area contributed by atoms with E-state index < -0.39 is 11.9 Å². The second-order valence-electron chi connectivity index (χ2n) is 2.62. The van der Waals surface area contributed by atoms with E-state index in [9.17, 15) is 4.39 Å². The molecule has 1 aromatic heterocycles. The van der Waals surface area contributed by atoms with Gasteiger partial charge in [0.1, 0.15) is 10.4 Å². The number of hydrogen-bond donors (Lipinski definition) is 2. The van der Waals surface area contributed by atoms with Crippen molar-refractivity contribution in [2.45, 2.75) is 12.5 Å². The molecule has 72 valence electrons. The Morgan fingerprint density at radius 1 is 1.62 bits per heavy atom. The zero-order valence-corrected chi connectivity index (χ0v) is 8.46. The van der Waals surface area contributed by atoms with Gasteiger partial charge in [-0.1, -0.05) is 0 Å². The summed E-state index contributed by atoms with van der Waals surface area (Å²) in [6.45, 7) is -0.0746. The van der Waals surface area contributed by atoms with Gasteiger partial charge in [0.2, 0.25) is 0 Å². The first-order valence-electron chi connectivity index (χ1n) is 3.83. The lowest BCUT2D eigenvalue weighted by Gasteiger charge is -2.10. The third-order valence-corrected chi connectivity index (χ3v) is 2.07. The van der Waals surface area contributed by atoms with Gasteiger partial charge >= 0.3 is 0 Å². The van der Waals surface area contributed by atoms with E-state index >= 15 is 0 Å². The lowest BCUT2D eigenvalue weighted by molar-refractivity contribution is 0.274. The molecule has 0 saturated carbocycles. The molecule has 1 heterocycles. The minimum absolute atomic E-state index is 0.0746. The lowest BCUT2D eigenvalue weighted by atomic mass is 10.1. The van der Waals surface area contributed by atoms with Crippen LogP contribution in [0.3, 0.4) is 0 Å². The van der Waals surface area contributed by atoms with Crippen LogP contribution in [0.2, 0.25) is 0 Å². The van der Waals surface area contributed by atoms with E-state index in [2.05, 4.69) is 20.9 Å². The molecule has 0 aliphatic heterocycles. The number of nitrogens with two attached hydrogens (primary N) is 1. The van der Waals surface area contributed by atoms with E-state index in [-0.39, 0.29) is 12.3 Å². The van der Waals surface area contributed by atoms with Crippen LogP contribution in [0, 0.1) is 5.82 Å². The topological polar surface area (TPSA) is 59.1 Å². The number of hydrogen-bond acceptors (Lipinski definition) is 3. The van der Waals surface area contributed by atoms with Gasteiger partial charge in [-0.15, -0.1) is 0 Å². The van der Waals surface area contributed by atoms with Gasteiger partial charge < -0.3 is 10.8 Å². The highest BCUT2D eigenvalue weighted by Gasteiger charge is 2.12. The molecule has 0 saturated heterocycles. The van der Waals surface area contributed by atoms with Crippen LogP contribution in [0.25, 0.3) is 0 Å². The number of halogens is 2. The van der Waals surface area contributed by atoms with E-state index in [4.69, 9.17) is 10.8 Å². The zero-order chi connectivity index (χ0) is 9.84. The second-order valence-corrected chi connectivity index (χ2v) is 3.43. The Morgan fingerprint density at radius 2 is 2.31 bits per heavy atom. The molecule has 0 unspecified atom stereocenters. The molecule has 3 N–H and O–H groups in total. The number of aromatic nitrogens is 1. The molecule has 0 aromatic carbocycles. The maximum absolute atomic E-state index is 13.1. The predicted molar refractivity (Wildman–Crippen MR) is 50.5 cm³/mol. The van der Waals surface area contributed by atoms with Crippen molar-refractivity contribution in [3.63, 3.8) is 0 Å². The summed E-state index contributed by atoms with van der Waals surface area (Å²) in [5, 5.41) is 8.62. The zero-order valence-electron chi connectivity index (χ0n) is 6.87. The monoisotopic (exact) mass is 248 g/mol. The number of aliphatic hydroxyl groups is 1. The van der Waals surface area contributed by atoms with Crippen molar-refractivity contribution in [1.82, 2.24) is 4.98 Å². The summed E-state index contributed by atoms with van der Waals surface area (Å²) in [5.41, 5.74) is 5.78. The van der Waals surface area contributed by atoms with Gasteiger partial charge in [-0.25, -0.2) is 9.37 Å². The Bertz CT molecular complexity index is 295. The first-order chi connectivity index (χ1) is 6.15. The van der Waals surface area contributed by atoms with Crippen molar-refractivity contribution in [3.05, 3.63) is 28.2 Å². The molecule has 0 fully saturated rings. The molecule has 0 aliphatic rings. The Kier molecular flexibility index (Phi) is 3.77. The quantitative estimate of drug-likeness (QED) is 0.795. The highest BCUT2D eigenvalue weighted by atomic mass is 79.9. The summed E-state index contributed by atoms with van der Waals surface area (Å²) < 4.78 is 13.6. The van der Waals surface area contributed by atoms with Crippen LogP contribution < -0.4 is 5.73 Å². The van der Waals surface area contributed by atoms with E-state index in [1.165, 1.54) is 12.1 Å². The number of nitrogens with zero attached hydrogens (tertiary/aromatic N) is 1. The van der Waals surface area contributed by atoms with Crippen molar-refractivity contribution in [2.75, 3.05) is 6.61 Å². The predicted octanol–water partition coefficient (Wildman–Crippen LogP) is 1.37. The third kappa shape index (κ3) is 2.72. The second kappa shape index (κ2) is 4.64. The van der Waals surface area contributed by atoms with Crippen molar-refractivity contribution >= 4 is 15.9 Å². The average Bonchev–Trinajstić information content (AvgIpc) is 2.09. The summed E-state index contributed by atoms with van der Waals surface area (Å²) in [5.74, 6) is -0.441.